The minimum absolute atomic E-state index is 0.0734. The lowest BCUT2D eigenvalue weighted by molar-refractivity contribution is -0.159. The number of esters is 1. The highest BCUT2D eigenvalue weighted by atomic mass is 16.6. The number of nitrogens with zero attached hydrogens (tertiary/aromatic N) is 3. The summed E-state index contributed by atoms with van der Waals surface area (Å²) in [6.07, 6.45) is 3.08. The Morgan fingerprint density at radius 1 is 0.792 bits per heavy atom. The summed E-state index contributed by atoms with van der Waals surface area (Å²) < 4.78 is 18.0. The van der Waals surface area contributed by atoms with Crippen molar-refractivity contribution in [3.8, 4) is 5.75 Å². The van der Waals surface area contributed by atoms with Gasteiger partial charge < -0.3 is 24.0 Å². The van der Waals surface area contributed by atoms with Crippen LogP contribution in [0.4, 0.5) is 4.79 Å². The lowest BCUT2D eigenvalue weighted by Gasteiger charge is -2.42. The molecular weight excluding hydrogens is 674 g/mol. The molecule has 11 nitrogen and oxygen atoms in total. The van der Waals surface area contributed by atoms with E-state index in [1.54, 1.807) is 34.1 Å². The zero-order chi connectivity index (χ0) is 37.3. The molecule has 1 saturated carbocycles. The Morgan fingerprint density at radius 3 is 2.17 bits per heavy atom. The molecule has 0 N–H and O–H groups in total. The molecule has 0 spiro atoms. The average molecular weight is 722 g/mol. The molecule has 3 heterocycles. The second-order valence-electron chi connectivity index (χ2n) is 15.4. The van der Waals surface area contributed by atoms with Crippen LogP contribution in [0.25, 0.3) is 0 Å². The lowest BCUT2D eigenvalue weighted by atomic mass is 9.77. The highest BCUT2D eigenvalue weighted by Crippen LogP contribution is 2.42. The first-order valence-electron chi connectivity index (χ1n) is 18.7. The normalized spacial score (nSPS) is 22.7. The van der Waals surface area contributed by atoms with Crippen LogP contribution < -0.4 is 4.74 Å². The van der Waals surface area contributed by atoms with Crippen LogP contribution in [-0.2, 0) is 32.1 Å². The molecule has 4 aliphatic rings. The predicted molar refractivity (Wildman–Crippen MR) is 195 cm³/mol. The lowest BCUT2D eigenvalue weighted by Crippen LogP contribution is -2.50. The van der Waals surface area contributed by atoms with Gasteiger partial charge in [-0.25, -0.2) is 4.79 Å². The van der Waals surface area contributed by atoms with Gasteiger partial charge >= 0.3 is 12.1 Å². The monoisotopic (exact) mass is 721 g/mol. The fourth-order valence-electron chi connectivity index (χ4n) is 8.13. The third-order valence-corrected chi connectivity index (χ3v) is 10.7. The number of likely N-dealkylation sites (tertiary alicyclic amines) is 1. The van der Waals surface area contributed by atoms with E-state index < -0.39 is 41.4 Å². The van der Waals surface area contributed by atoms with E-state index in [1.807, 2.05) is 69.3 Å². The first-order chi connectivity index (χ1) is 25.5. The van der Waals surface area contributed by atoms with E-state index in [2.05, 4.69) is 0 Å². The van der Waals surface area contributed by atoms with Crippen molar-refractivity contribution in [1.82, 2.24) is 14.7 Å². The molecule has 7 rings (SSSR count). The Labute approximate surface area is 310 Å². The maximum atomic E-state index is 14.8. The number of imide groups is 1. The van der Waals surface area contributed by atoms with E-state index >= 15 is 0 Å². The molecule has 4 amide bonds. The fraction of sp³-hybridized carbons (Fsp3) is 0.452. The van der Waals surface area contributed by atoms with Crippen LogP contribution in [0.1, 0.15) is 96.3 Å². The van der Waals surface area contributed by atoms with Crippen LogP contribution in [-0.4, -0.2) is 82.4 Å². The molecule has 53 heavy (non-hydrogen) atoms. The molecule has 278 valence electrons. The van der Waals surface area contributed by atoms with Gasteiger partial charge in [0.25, 0.3) is 11.8 Å². The van der Waals surface area contributed by atoms with Gasteiger partial charge in [0.1, 0.15) is 24.1 Å². The number of carbonyl (C=O) groups excluding carboxylic acids is 5. The van der Waals surface area contributed by atoms with Crippen molar-refractivity contribution < 1.29 is 38.2 Å². The summed E-state index contributed by atoms with van der Waals surface area (Å²) in [7, 11) is 0. The van der Waals surface area contributed by atoms with Crippen molar-refractivity contribution in [2.75, 3.05) is 26.2 Å². The van der Waals surface area contributed by atoms with E-state index in [-0.39, 0.29) is 31.1 Å². The van der Waals surface area contributed by atoms with Crippen LogP contribution in [0.5, 0.6) is 5.75 Å². The Bertz CT molecular complexity index is 1850. The Balaban J connectivity index is 1.18. The minimum atomic E-state index is -0.726. The summed E-state index contributed by atoms with van der Waals surface area (Å²) in [5.41, 5.74) is 2.60. The van der Waals surface area contributed by atoms with Crippen molar-refractivity contribution in [1.29, 1.82) is 0 Å². The summed E-state index contributed by atoms with van der Waals surface area (Å²) in [4.78, 5) is 73.3. The van der Waals surface area contributed by atoms with Crippen molar-refractivity contribution >= 4 is 29.8 Å². The summed E-state index contributed by atoms with van der Waals surface area (Å²) in [6.45, 7) is 6.70. The van der Waals surface area contributed by atoms with Gasteiger partial charge in [-0.05, 0) is 69.4 Å². The van der Waals surface area contributed by atoms with Crippen LogP contribution in [0, 0.1) is 11.8 Å². The van der Waals surface area contributed by atoms with Gasteiger partial charge in [0.15, 0.2) is 0 Å². The fourth-order valence-corrected chi connectivity index (χ4v) is 8.13. The molecule has 0 unspecified atom stereocenters. The molecule has 1 saturated heterocycles. The van der Waals surface area contributed by atoms with Crippen molar-refractivity contribution in [2.45, 2.75) is 83.6 Å². The van der Waals surface area contributed by atoms with E-state index in [9.17, 15) is 24.0 Å². The van der Waals surface area contributed by atoms with Crippen LogP contribution in [0.2, 0.25) is 0 Å². The zero-order valence-corrected chi connectivity index (χ0v) is 30.6. The van der Waals surface area contributed by atoms with Gasteiger partial charge in [-0.1, -0.05) is 67.4 Å². The number of carbonyl (C=O) groups is 5. The molecular formula is C42H47N3O8. The minimum Gasteiger partial charge on any atom is -0.488 e. The summed E-state index contributed by atoms with van der Waals surface area (Å²) >= 11 is 0. The van der Waals surface area contributed by atoms with Gasteiger partial charge in [-0.15, -0.1) is 0 Å². The van der Waals surface area contributed by atoms with Gasteiger partial charge in [0.05, 0.1) is 42.1 Å². The molecule has 3 aromatic carbocycles. The van der Waals surface area contributed by atoms with Crippen molar-refractivity contribution in [3.05, 3.63) is 101 Å². The molecule has 0 aromatic heterocycles. The molecule has 0 radical (unpaired) electrons. The second-order valence-corrected chi connectivity index (χ2v) is 15.4. The van der Waals surface area contributed by atoms with Crippen LogP contribution >= 0.6 is 0 Å². The Kier molecular flexibility index (Phi) is 10.3. The van der Waals surface area contributed by atoms with Crippen molar-refractivity contribution in [3.63, 3.8) is 0 Å². The molecule has 11 heteroatoms. The molecule has 1 aliphatic carbocycles. The van der Waals surface area contributed by atoms with E-state index in [0.29, 0.717) is 62.2 Å². The van der Waals surface area contributed by atoms with Crippen molar-refractivity contribution in [2.24, 2.45) is 11.8 Å². The van der Waals surface area contributed by atoms with E-state index in [0.717, 1.165) is 29.5 Å². The molecule has 0 bridgehead atoms. The quantitative estimate of drug-likeness (QED) is 0.195. The number of benzene rings is 3. The first kappa shape index (κ1) is 36.2. The number of hydrogen-bond donors (Lipinski definition) is 0. The van der Waals surface area contributed by atoms with Gasteiger partial charge in [-0.2, -0.15) is 0 Å². The van der Waals surface area contributed by atoms with E-state index in [4.69, 9.17) is 14.2 Å². The Morgan fingerprint density at radius 2 is 1.47 bits per heavy atom. The topological polar surface area (TPSA) is 123 Å². The maximum Gasteiger partial charge on any atom is 0.410 e. The Hall–Kier alpha value is -5.19. The third kappa shape index (κ3) is 7.65. The van der Waals surface area contributed by atoms with Crippen LogP contribution in [0.15, 0.2) is 72.8 Å². The van der Waals surface area contributed by atoms with Gasteiger partial charge in [0.2, 0.25) is 5.91 Å². The second kappa shape index (κ2) is 15.0. The van der Waals surface area contributed by atoms with Crippen LogP contribution in [0.3, 0.4) is 0 Å². The molecule has 4 atom stereocenters. The SMILES string of the molecule is CC(C)(C)OC(=O)N1CC[C@H](Oc2cccc3c2[C@@H](CN2C(=O)c4ccccc4C2=O)N(C(=O)[C@@H]2CCCC[C@@H]2C(=O)OCc2ccccc2)CC3)C1. The highest BCUT2D eigenvalue weighted by molar-refractivity contribution is 6.21. The third-order valence-electron chi connectivity index (χ3n) is 10.7. The zero-order valence-electron chi connectivity index (χ0n) is 30.6. The number of rotatable bonds is 8. The molecule has 3 aliphatic heterocycles. The van der Waals surface area contributed by atoms with E-state index in [1.165, 1.54) is 4.90 Å². The maximum absolute atomic E-state index is 14.8. The summed E-state index contributed by atoms with van der Waals surface area (Å²) in [5, 5.41) is 0. The highest BCUT2D eigenvalue weighted by Gasteiger charge is 2.46. The van der Waals surface area contributed by atoms with Gasteiger partial charge in [0, 0.05) is 25.1 Å². The number of hydrogen-bond acceptors (Lipinski definition) is 8. The first-order valence-corrected chi connectivity index (χ1v) is 18.7. The molecule has 3 aromatic rings. The largest absolute Gasteiger partial charge is 0.488 e. The number of ether oxygens (including phenoxy) is 3. The predicted octanol–water partition coefficient (Wildman–Crippen LogP) is 6.35. The number of fused-ring (bicyclic) bond motifs is 2. The smallest absolute Gasteiger partial charge is 0.410 e. The molecule has 2 fully saturated rings. The van der Waals surface area contributed by atoms with Gasteiger partial charge in [-0.3, -0.25) is 24.1 Å². The average Bonchev–Trinajstić information content (AvgIpc) is 3.72. The number of amides is 4. The summed E-state index contributed by atoms with van der Waals surface area (Å²) in [6, 6.07) is 21.2. The summed E-state index contributed by atoms with van der Waals surface area (Å²) in [5.74, 6) is -2.07. The standard InChI is InChI=1S/C42H47N3O8/c1-42(2,3)53-41(50)43-22-21-29(24-43)52-35-19-11-14-28-20-23-44(34(36(28)35)25-45-38(47)30-15-7-8-16-31(30)39(45)48)37(46)32-17-9-10-18-33(32)40(49)51-26-27-12-5-4-6-13-27/h4-8,11-16,19,29,32-34H,9-10,17-18,20-26H2,1-3H3/t29-,32+,33-,34+/m0/s1.